The molecule has 0 aliphatic heterocycles. The molecule has 26 heavy (non-hydrogen) atoms. The zero-order chi connectivity index (χ0) is 19.1. The average molecular weight is 419 g/mol. The van der Waals surface area contributed by atoms with E-state index in [1.807, 2.05) is 25.1 Å². The summed E-state index contributed by atoms with van der Waals surface area (Å²) in [6.45, 7) is 6.00. The second-order valence-electron chi connectivity index (χ2n) is 6.09. The Morgan fingerprint density at radius 2 is 1.85 bits per heavy atom. The van der Waals surface area contributed by atoms with Crippen molar-refractivity contribution in [2.24, 2.45) is 5.10 Å². The fraction of sp³-hybridized carbons (Fsp3) is 0.300. The van der Waals surface area contributed by atoms with Crippen LogP contribution in [0.3, 0.4) is 0 Å². The van der Waals surface area contributed by atoms with Gasteiger partial charge in [-0.1, -0.05) is 54.0 Å². The smallest absolute Gasteiger partial charge is 0.277 e. The molecule has 0 saturated heterocycles. The van der Waals surface area contributed by atoms with Crippen molar-refractivity contribution in [1.29, 1.82) is 0 Å². The van der Waals surface area contributed by atoms with Crippen LogP contribution in [0.25, 0.3) is 0 Å². The van der Waals surface area contributed by atoms with Crippen LogP contribution in [0, 0.1) is 0 Å². The molecular formula is C20H23BrN2O3. The largest absolute Gasteiger partial charge is 0.493 e. The number of hydrogen-bond donors (Lipinski definition) is 1. The van der Waals surface area contributed by atoms with E-state index in [0.29, 0.717) is 17.4 Å². The highest BCUT2D eigenvalue weighted by Crippen LogP contribution is 2.30. The zero-order valence-corrected chi connectivity index (χ0v) is 17.0. The van der Waals surface area contributed by atoms with Gasteiger partial charge in [-0.2, -0.15) is 5.10 Å². The monoisotopic (exact) mass is 418 g/mol. The summed E-state index contributed by atoms with van der Waals surface area (Å²) in [7, 11) is 1.55. The molecule has 138 valence electrons. The van der Waals surface area contributed by atoms with Gasteiger partial charge < -0.3 is 9.47 Å². The molecule has 0 saturated carbocycles. The molecule has 0 radical (unpaired) electrons. The number of amides is 1. The quantitative estimate of drug-likeness (QED) is 0.531. The van der Waals surface area contributed by atoms with Gasteiger partial charge >= 0.3 is 0 Å². The van der Waals surface area contributed by atoms with Gasteiger partial charge in [0.25, 0.3) is 5.91 Å². The Morgan fingerprint density at radius 3 is 2.46 bits per heavy atom. The van der Waals surface area contributed by atoms with E-state index >= 15 is 0 Å². The molecule has 1 amide bonds. The number of nitrogens with zero attached hydrogens (tertiary/aromatic N) is 1. The molecule has 6 heteroatoms. The van der Waals surface area contributed by atoms with Crippen molar-refractivity contribution in [3.8, 4) is 11.5 Å². The third kappa shape index (κ3) is 5.59. The first kappa shape index (κ1) is 20.0. The molecule has 2 aromatic carbocycles. The van der Waals surface area contributed by atoms with Crippen LogP contribution in [0.2, 0.25) is 0 Å². The predicted molar refractivity (Wildman–Crippen MR) is 107 cm³/mol. The molecule has 0 unspecified atom stereocenters. The Kier molecular flexibility index (Phi) is 7.21. The van der Waals surface area contributed by atoms with Crippen molar-refractivity contribution in [3.05, 3.63) is 58.1 Å². The van der Waals surface area contributed by atoms with Crippen LogP contribution in [0.15, 0.2) is 52.0 Å². The molecule has 0 bridgehead atoms. The minimum absolute atomic E-state index is 0.152. The molecule has 0 fully saturated rings. The fourth-order valence-corrected chi connectivity index (χ4v) is 2.60. The minimum atomic E-state index is -0.340. The second kappa shape index (κ2) is 9.38. The SMILES string of the molecule is COc1cc(Br)ccc1OCC(=O)NN=C(C)c1ccc(C(C)C)cc1. The van der Waals surface area contributed by atoms with E-state index < -0.39 is 0 Å². The Hall–Kier alpha value is -2.34. The van der Waals surface area contributed by atoms with Gasteiger partial charge in [0, 0.05) is 4.47 Å². The number of benzene rings is 2. The summed E-state index contributed by atoms with van der Waals surface area (Å²) in [5.41, 5.74) is 5.47. The van der Waals surface area contributed by atoms with Crippen LogP contribution in [0.4, 0.5) is 0 Å². The lowest BCUT2D eigenvalue weighted by Gasteiger charge is -2.10. The summed E-state index contributed by atoms with van der Waals surface area (Å²) >= 11 is 3.36. The van der Waals surface area contributed by atoms with Crippen molar-refractivity contribution in [1.82, 2.24) is 5.43 Å². The molecule has 0 spiro atoms. The van der Waals surface area contributed by atoms with Gasteiger partial charge in [0.2, 0.25) is 0 Å². The van der Waals surface area contributed by atoms with Gasteiger partial charge in [0.1, 0.15) is 0 Å². The first-order valence-corrected chi connectivity index (χ1v) is 9.09. The van der Waals surface area contributed by atoms with Crippen molar-refractivity contribution in [2.45, 2.75) is 26.7 Å². The van der Waals surface area contributed by atoms with Crippen molar-refractivity contribution in [2.75, 3.05) is 13.7 Å². The molecule has 2 rings (SSSR count). The Labute approximate surface area is 162 Å². The molecule has 5 nitrogen and oxygen atoms in total. The van der Waals surface area contributed by atoms with Crippen molar-refractivity contribution < 1.29 is 14.3 Å². The van der Waals surface area contributed by atoms with Crippen molar-refractivity contribution >= 4 is 27.5 Å². The highest BCUT2D eigenvalue weighted by molar-refractivity contribution is 9.10. The average Bonchev–Trinajstić information content (AvgIpc) is 2.64. The lowest BCUT2D eigenvalue weighted by molar-refractivity contribution is -0.123. The maximum Gasteiger partial charge on any atom is 0.277 e. The van der Waals surface area contributed by atoms with E-state index in [1.165, 1.54) is 5.56 Å². The topological polar surface area (TPSA) is 59.9 Å². The second-order valence-corrected chi connectivity index (χ2v) is 7.01. The van der Waals surface area contributed by atoms with Crippen LogP contribution < -0.4 is 14.9 Å². The highest BCUT2D eigenvalue weighted by atomic mass is 79.9. The minimum Gasteiger partial charge on any atom is -0.493 e. The highest BCUT2D eigenvalue weighted by Gasteiger charge is 2.08. The molecule has 0 heterocycles. The third-order valence-electron chi connectivity index (χ3n) is 3.83. The number of methoxy groups -OCH3 is 1. The van der Waals surface area contributed by atoms with E-state index in [2.05, 4.69) is 52.4 Å². The maximum absolute atomic E-state index is 12.0. The summed E-state index contributed by atoms with van der Waals surface area (Å²) < 4.78 is 11.6. The summed E-state index contributed by atoms with van der Waals surface area (Å²) in [6.07, 6.45) is 0. The lowest BCUT2D eigenvalue weighted by atomic mass is 10.0. The number of carbonyl (C=O) groups is 1. The Morgan fingerprint density at radius 1 is 1.15 bits per heavy atom. The third-order valence-corrected chi connectivity index (χ3v) is 4.32. The van der Waals surface area contributed by atoms with Gasteiger partial charge in [-0.25, -0.2) is 5.43 Å². The summed E-state index contributed by atoms with van der Waals surface area (Å²) in [6, 6.07) is 13.5. The molecule has 0 aliphatic carbocycles. The number of halogens is 1. The summed E-state index contributed by atoms with van der Waals surface area (Å²) in [4.78, 5) is 12.0. The number of nitrogens with one attached hydrogen (secondary N) is 1. The Bertz CT molecular complexity index is 786. The first-order chi connectivity index (χ1) is 12.4. The van der Waals surface area contributed by atoms with E-state index in [0.717, 1.165) is 15.7 Å². The van der Waals surface area contributed by atoms with Gasteiger partial charge in [0.15, 0.2) is 18.1 Å². The Balaban J connectivity index is 1.92. The normalized spacial score (nSPS) is 11.4. The molecule has 0 atom stereocenters. The molecular weight excluding hydrogens is 396 g/mol. The van der Waals surface area contributed by atoms with Crippen LogP contribution in [-0.2, 0) is 4.79 Å². The van der Waals surface area contributed by atoms with Gasteiger partial charge in [-0.3, -0.25) is 4.79 Å². The number of carbonyl (C=O) groups excluding carboxylic acids is 1. The number of hydrazone groups is 1. The van der Waals surface area contributed by atoms with Gasteiger partial charge in [0.05, 0.1) is 12.8 Å². The zero-order valence-electron chi connectivity index (χ0n) is 15.4. The number of hydrogen-bond acceptors (Lipinski definition) is 4. The van der Waals surface area contributed by atoms with Crippen LogP contribution in [0.5, 0.6) is 11.5 Å². The molecule has 2 aromatic rings. The van der Waals surface area contributed by atoms with Crippen LogP contribution in [-0.4, -0.2) is 25.3 Å². The maximum atomic E-state index is 12.0. The summed E-state index contributed by atoms with van der Waals surface area (Å²) in [5, 5.41) is 4.14. The fourth-order valence-electron chi connectivity index (χ4n) is 2.26. The molecule has 1 N–H and O–H groups in total. The van der Waals surface area contributed by atoms with E-state index in [9.17, 15) is 4.79 Å². The first-order valence-electron chi connectivity index (χ1n) is 8.30. The van der Waals surface area contributed by atoms with Crippen LogP contribution >= 0.6 is 15.9 Å². The van der Waals surface area contributed by atoms with Gasteiger partial charge in [-0.05, 0) is 42.2 Å². The molecule has 0 aliphatic rings. The van der Waals surface area contributed by atoms with Crippen molar-refractivity contribution in [3.63, 3.8) is 0 Å². The lowest BCUT2D eigenvalue weighted by Crippen LogP contribution is -2.25. The molecule has 0 aromatic heterocycles. The van der Waals surface area contributed by atoms with Gasteiger partial charge in [-0.15, -0.1) is 0 Å². The number of rotatable bonds is 7. The van der Waals surface area contributed by atoms with E-state index in [1.54, 1.807) is 19.2 Å². The van der Waals surface area contributed by atoms with Crippen LogP contribution in [0.1, 0.15) is 37.8 Å². The standard InChI is InChI=1S/C20H23BrN2O3/c1-13(2)15-5-7-16(8-6-15)14(3)22-23-20(24)12-26-18-10-9-17(21)11-19(18)25-4/h5-11,13H,12H2,1-4H3,(H,23,24). The summed E-state index contributed by atoms with van der Waals surface area (Å²) in [5.74, 6) is 1.19. The van der Waals surface area contributed by atoms with E-state index in [-0.39, 0.29) is 12.5 Å². The van der Waals surface area contributed by atoms with E-state index in [4.69, 9.17) is 9.47 Å². The predicted octanol–water partition coefficient (Wildman–Crippen LogP) is 4.50. The number of ether oxygens (including phenoxy) is 2.